The van der Waals surface area contributed by atoms with Gasteiger partial charge in [0.05, 0.1) is 32.4 Å². The Kier molecular flexibility index (Phi) is 12.2. The minimum atomic E-state index is -4.87. The predicted molar refractivity (Wildman–Crippen MR) is 165 cm³/mol. The highest BCUT2D eigenvalue weighted by Crippen LogP contribution is 2.33. The zero-order chi connectivity index (χ0) is 32.8. The summed E-state index contributed by atoms with van der Waals surface area (Å²) in [5, 5.41) is 2.83. The van der Waals surface area contributed by atoms with E-state index < -0.39 is 51.9 Å². The van der Waals surface area contributed by atoms with Crippen LogP contribution in [0, 0.1) is 27.7 Å². The van der Waals surface area contributed by atoms with Gasteiger partial charge in [-0.05, 0) is 64.1 Å². The molecule has 0 N–H and O–H groups in total. The van der Waals surface area contributed by atoms with Crippen LogP contribution in [0.2, 0.25) is 15.1 Å². The highest BCUT2D eigenvalue weighted by Gasteiger charge is 2.39. The zero-order valence-electron chi connectivity index (χ0n) is 24.3. The molecule has 44 heavy (non-hydrogen) atoms. The van der Waals surface area contributed by atoms with Crippen LogP contribution in [0.15, 0.2) is 58.6 Å². The topological polar surface area (TPSA) is 118 Å². The molecule has 0 aliphatic rings. The number of esters is 2. The van der Waals surface area contributed by atoms with Gasteiger partial charge in [0.1, 0.15) is 18.6 Å². The van der Waals surface area contributed by atoms with Gasteiger partial charge in [-0.1, -0.05) is 74.3 Å². The summed E-state index contributed by atoms with van der Waals surface area (Å²) in [6.07, 6.45) is -5.63. The second-order valence-corrected chi connectivity index (χ2v) is 12.7. The summed E-state index contributed by atoms with van der Waals surface area (Å²) in [6.45, 7) is 6.16. The normalized spacial score (nSPS) is 13.8. The number of ether oxygens (including phenoxy) is 2. The lowest BCUT2D eigenvalue weighted by atomic mass is 10.1. The Morgan fingerprint density at radius 2 is 1.32 bits per heavy atom. The number of alkyl halides is 1. The molecule has 3 atom stereocenters. The molecule has 0 saturated carbocycles. The van der Waals surface area contributed by atoms with Crippen LogP contribution in [0.3, 0.4) is 0 Å². The summed E-state index contributed by atoms with van der Waals surface area (Å²) in [5.74, 6) is -1.87. The number of halogens is 4. The maximum atomic E-state index is 15.7. The molecular weight excluding hydrogens is 660 g/mol. The second-order valence-electron chi connectivity index (χ2n) is 9.89. The van der Waals surface area contributed by atoms with Crippen LogP contribution in [-0.4, -0.2) is 58.7 Å². The number of carbonyl (C=O) groups is 2. The van der Waals surface area contributed by atoms with E-state index in [1.807, 2.05) is 12.1 Å². The van der Waals surface area contributed by atoms with Gasteiger partial charge in [0.25, 0.3) is 10.1 Å². The van der Waals surface area contributed by atoms with Crippen molar-refractivity contribution >= 4 is 63.1 Å². The Morgan fingerprint density at radius 1 is 0.818 bits per heavy atom. The molecule has 0 spiro atoms. The first-order valence-corrected chi connectivity index (χ1v) is 15.5. The van der Waals surface area contributed by atoms with Crippen LogP contribution in [0.25, 0.3) is 0 Å². The molecule has 236 valence electrons. The lowest BCUT2D eigenvalue weighted by Crippen LogP contribution is -2.45. The van der Waals surface area contributed by atoms with Crippen molar-refractivity contribution in [1.82, 2.24) is 0 Å². The highest BCUT2D eigenvalue weighted by atomic mass is 35.5. The highest BCUT2D eigenvalue weighted by molar-refractivity contribution is 7.87. The third-order valence-electron chi connectivity index (χ3n) is 6.02. The van der Waals surface area contributed by atoms with Gasteiger partial charge in [0, 0.05) is 0 Å². The van der Waals surface area contributed by atoms with Gasteiger partial charge in [-0.2, -0.15) is 8.42 Å². The Bertz CT molecular complexity index is 1640. The standard InChI is InChI=1S/C30H29Cl3FNO8S/c1-16-6-17(2)9-20(8-16)29(36)41-15-26(43-44(38,39)27-13-23(32)22(31)12-24(27)33)28(25(34)14-35-40-5)42-30(37)21-10-18(3)7-19(4)11-21/h6-14,25-26,28H,15H2,1-5H3/b35-14-/t25-,26-,28+/m1/s1. The van der Waals surface area contributed by atoms with Crippen molar-refractivity contribution in [3.05, 3.63) is 97.0 Å². The van der Waals surface area contributed by atoms with Gasteiger partial charge in [-0.3, -0.25) is 4.18 Å². The van der Waals surface area contributed by atoms with Gasteiger partial charge in [-0.15, -0.1) is 0 Å². The number of rotatable bonds is 12. The molecule has 0 fully saturated rings. The molecule has 0 aliphatic carbocycles. The van der Waals surface area contributed by atoms with Crippen LogP contribution in [-0.2, 0) is 28.6 Å². The monoisotopic (exact) mass is 687 g/mol. The molecule has 0 saturated heterocycles. The van der Waals surface area contributed by atoms with E-state index in [9.17, 15) is 18.0 Å². The predicted octanol–water partition coefficient (Wildman–Crippen LogP) is 7.01. The molecule has 3 aromatic rings. The number of hydrogen-bond acceptors (Lipinski definition) is 9. The minimum Gasteiger partial charge on any atom is -0.459 e. The molecule has 0 aromatic heterocycles. The van der Waals surface area contributed by atoms with Gasteiger partial charge in [0.15, 0.2) is 18.4 Å². The van der Waals surface area contributed by atoms with E-state index in [0.717, 1.165) is 41.5 Å². The number of oxime groups is 1. The van der Waals surface area contributed by atoms with E-state index in [1.54, 1.807) is 39.8 Å². The van der Waals surface area contributed by atoms with Crippen molar-refractivity contribution in [3.63, 3.8) is 0 Å². The molecule has 14 heteroatoms. The van der Waals surface area contributed by atoms with Crippen molar-refractivity contribution < 1.29 is 40.9 Å². The smallest absolute Gasteiger partial charge is 0.338 e. The van der Waals surface area contributed by atoms with Crippen molar-refractivity contribution in [3.8, 4) is 0 Å². The Hall–Kier alpha value is -3.22. The third-order valence-corrected chi connectivity index (χ3v) is 8.54. The number of carbonyl (C=O) groups excluding carboxylic acids is 2. The molecule has 0 amide bonds. The summed E-state index contributed by atoms with van der Waals surface area (Å²) < 4.78 is 58.8. The van der Waals surface area contributed by atoms with Gasteiger partial charge in [-0.25, -0.2) is 14.0 Å². The van der Waals surface area contributed by atoms with Crippen molar-refractivity contribution in [2.24, 2.45) is 5.16 Å². The van der Waals surface area contributed by atoms with E-state index in [4.69, 9.17) is 48.5 Å². The fourth-order valence-electron chi connectivity index (χ4n) is 4.26. The van der Waals surface area contributed by atoms with Crippen molar-refractivity contribution in [2.75, 3.05) is 13.7 Å². The summed E-state index contributed by atoms with van der Waals surface area (Å²) in [6, 6.07) is 11.8. The van der Waals surface area contributed by atoms with Crippen LogP contribution in [0.5, 0.6) is 0 Å². The summed E-state index contributed by atoms with van der Waals surface area (Å²) >= 11 is 18.1. The van der Waals surface area contributed by atoms with Crippen LogP contribution in [0.1, 0.15) is 43.0 Å². The number of aryl methyl sites for hydroxylation is 4. The summed E-state index contributed by atoms with van der Waals surface area (Å²) in [5.41, 5.74) is 3.18. The van der Waals surface area contributed by atoms with E-state index in [-0.39, 0.29) is 26.2 Å². The molecule has 0 heterocycles. The first kappa shape index (κ1) is 35.3. The molecule has 0 radical (unpaired) electrons. The average molecular weight is 689 g/mol. The van der Waals surface area contributed by atoms with Gasteiger partial charge >= 0.3 is 11.9 Å². The first-order valence-electron chi connectivity index (χ1n) is 12.9. The molecule has 0 bridgehead atoms. The molecule has 0 unspecified atom stereocenters. The lowest BCUT2D eigenvalue weighted by molar-refractivity contribution is -0.0478. The minimum absolute atomic E-state index is 0.0330. The van der Waals surface area contributed by atoms with Crippen LogP contribution in [0.4, 0.5) is 4.39 Å². The summed E-state index contributed by atoms with van der Waals surface area (Å²) in [7, 11) is -3.72. The molecular formula is C30H29Cl3FNO8S. The first-order chi connectivity index (χ1) is 20.6. The second kappa shape index (κ2) is 15.2. The number of nitrogens with zero attached hydrogens (tertiary/aromatic N) is 1. The Morgan fingerprint density at radius 3 is 1.84 bits per heavy atom. The molecule has 3 rings (SSSR count). The summed E-state index contributed by atoms with van der Waals surface area (Å²) in [4.78, 5) is 30.1. The zero-order valence-corrected chi connectivity index (χ0v) is 27.4. The van der Waals surface area contributed by atoms with Crippen molar-refractivity contribution in [2.45, 2.75) is 51.0 Å². The average Bonchev–Trinajstić information content (AvgIpc) is 2.93. The Labute approximate surface area is 269 Å². The maximum absolute atomic E-state index is 15.7. The van der Waals surface area contributed by atoms with Crippen LogP contribution >= 0.6 is 34.8 Å². The Balaban J connectivity index is 2.06. The molecule has 0 aliphatic heterocycles. The number of hydrogen-bond donors (Lipinski definition) is 0. The molecule has 9 nitrogen and oxygen atoms in total. The fraction of sp³-hybridized carbons (Fsp3) is 0.300. The van der Waals surface area contributed by atoms with E-state index >= 15 is 4.39 Å². The van der Waals surface area contributed by atoms with Gasteiger partial charge in [0.2, 0.25) is 0 Å². The van der Waals surface area contributed by atoms with Crippen molar-refractivity contribution in [1.29, 1.82) is 0 Å². The molecule has 3 aromatic carbocycles. The third kappa shape index (κ3) is 9.39. The number of benzene rings is 3. The van der Waals surface area contributed by atoms with E-state index in [2.05, 4.69) is 9.99 Å². The largest absolute Gasteiger partial charge is 0.459 e. The van der Waals surface area contributed by atoms with Gasteiger partial charge < -0.3 is 14.3 Å². The SMILES string of the molecule is CO/N=C\[C@@H](F)[C@H](OC(=O)c1cc(C)cc(C)c1)[C@@H](COC(=O)c1cc(C)cc(C)c1)OS(=O)(=O)c1cc(Cl)c(Cl)cc1Cl. The fourth-order valence-corrected chi connectivity index (χ4v) is 6.30. The van der Waals surface area contributed by atoms with E-state index in [1.165, 1.54) is 12.1 Å². The van der Waals surface area contributed by atoms with Crippen LogP contribution < -0.4 is 0 Å². The van der Waals surface area contributed by atoms with E-state index in [0.29, 0.717) is 6.21 Å². The lowest BCUT2D eigenvalue weighted by Gasteiger charge is -2.27. The maximum Gasteiger partial charge on any atom is 0.338 e. The quantitative estimate of drug-likeness (QED) is 0.0656.